The van der Waals surface area contributed by atoms with E-state index in [-0.39, 0.29) is 11.8 Å². The van der Waals surface area contributed by atoms with Crippen molar-refractivity contribution in [2.45, 2.75) is 24.2 Å². The standard InChI is InChI=1S/C25H28N2O4S/c28-25(26-15-6-18-31-23-9-2-1-3-10-23)21-13-16-27(17-14-21)32(29,30)24-12-11-20-7-4-5-8-22(20)19-24/h1-5,7-12,19,21H,6,13-18H2,(H,26,28). The summed E-state index contributed by atoms with van der Waals surface area (Å²) >= 11 is 0. The zero-order valence-corrected chi connectivity index (χ0v) is 18.8. The molecule has 0 saturated carbocycles. The smallest absolute Gasteiger partial charge is 0.243 e. The molecule has 32 heavy (non-hydrogen) atoms. The fourth-order valence-corrected chi connectivity index (χ4v) is 5.48. The molecular formula is C25H28N2O4S. The van der Waals surface area contributed by atoms with E-state index < -0.39 is 10.0 Å². The van der Waals surface area contributed by atoms with Crippen molar-refractivity contribution < 1.29 is 17.9 Å². The van der Waals surface area contributed by atoms with Crippen molar-refractivity contribution in [1.29, 1.82) is 0 Å². The third kappa shape index (κ3) is 5.29. The number of para-hydroxylation sites is 1. The van der Waals surface area contributed by atoms with Crippen LogP contribution in [0, 0.1) is 5.92 Å². The molecule has 0 aliphatic carbocycles. The van der Waals surface area contributed by atoms with Crippen LogP contribution in [-0.2, 0) is 14.8 Å². The Morgan fingerprint density at radius 3 is 2.38 bits per heavy atom. The second-order valence-electron chi connectivity index (χ2n) is 7.99. The molecule has 7 heteroatoms. The first kappa shape index (κ1) is 22.3. The van der Waals surface area contributed by atoms with Crippen molar-refractivity contribution in [1.82, 2.24) is 9.62 Å². The molecule has 3 aromatic carbocycles. The molecule has 1 N–H and O–H groups in total. The van der Waals surface area contributed by atoms with E-state index in [2.05, 4.69) is 5.32 Å². The van der Waals surface area contributed by atoms with E-state index >= 15 is 0 Å². The van der Waals surface area contributed by atoms with Gasteiger partial charge in [-0.3, -0.25) is 4.79 Å². The fourth-order valence-electron chi connectivity index (χ4n) is 3.97. The Morgan fingerprint density at radius 1 is 0.938 bits per heavy atom. The lowest BCUT2D eigenvalue weighted by Gasteiger charge is -2.30. The van der Waals surface area contributed by atoms with Crippen molar-refractivity contribution >= 4 is 26.7 Å². The minimum Gasteiger partial charge on any atom is -0.494 e. The normalized spacial score (nSPS) is 15.5. The Morgan fingerprint density at radius 2 is 1.62 bits per heavy atom. The summed E-state index contributed by atoms with van der Waals surface area (Å²) in [5.74, 6) is 0.652. The van der Waals surface area contributed by atoms with Crippen molar-refractivity contribution in [3.63, 3.8) is 0 Å². The Labute approximate surface area is 189 Å². The maximum Gasteiger partial charge on any atom is 0.243 e. The van der Waals surface area contributed by atoms with Crippen LogP contribution in [0.1, 0.15) is 19.3 Å². The van der Waals surface area contributed by atoms with Gasteiger partial charge in [0.1, 0.15) is 5.75 Å². The van der Waals surface area contributed by atoms with Gasteiger partial charge in [-0.05, 0) is 54.3 Å². The monoisotopic (exact) mass is 452 g/mol. The summed E-state index contributed by atoms with van der Waals surface area (Å²) in [4.78, 5) is 12.8. The van der Waals surface area contributed by atoms with Crippen molar-refractivity contribution in [3.8, 4) is 5.75 Å². The highest BCUT2D eigenvalue weighted by Crippen LogP contribution is 2.26. The summed E-state index contributed by atoms with van der Waals surface area (Å²) in [5.41, 5.74) is 0. The van der Waals surface area contributed by atoms with Gasteiger partial charge in [0, 0.05) is 25.6 Å². The number of piperidine rings is 1. The molecule has 1 aliphatic heterocycles. The highest BCUT2D eigenvalue weighted by atomic mass is 32.2. The topological polar surface area (TPSA) is 75.7 Å². The molecule has 1 saturated heterocycles. The Kier molecular flexibility index (Phi) is 7.07. The van der Waals surface area contributed by atoms with E-state index in [0.29, 0.717) is 44.0 Å². The summed E-state index contributed by atoms with van der Waals surface area (Å²) in [5, 5.41) is 4.87. The summed E-state index contributed by atoms with van der Waals surface area (Å²) in [6.07, 6.45) is 1.77. The summed E-state index contributed by atoms with van der Waals surface area (Å²) in [7, 11) is -3.57. The number of amides is 1. The van der Waals surface area contributed by atoms with Crippen LogP contribution in [0.5, 0.6) is 5.75 Å². The van der Waals surface area contributed by atoms with Gasteiger partial charge >= 0.3 is 0 Å². The molecule has 0 spiro atoms. The number of nitrogens with one attached hydrogen (secondary N) is 1. The largest absolute Gasteiger partial charge is 0.494 e. The van der Waals surface area contributed by atoms with Crippen LogP contribution in [0.4, 0.5) is 0 Å². The molecule has 1 amide bonds. The average molecular weight is 453 g/mol. The predicted octanol–water partition coefficient (Wildman–Crippen LogP) is 3.83. The molecule has 1 heterocycles. The molecule has 168 valence electrons. The maximum atomic E-state index is 13.1. The number of fused-ring (bicyclic) bond motifs is 1. The molecule has 0 aromatic heterocycles. The average Bonchev–Trinajstić information content (AvgIpc) is 2.84. The number of rotatable bonds is 8. The van der Waals surface area contributed by atoms with Crippen molar-refractivity contribution in [2.75, 3.05) is 26.2 Å². The second-order valence-corrected chi connectivity index (χ2v) is 9.93. The highest BCUT2D eigenvalue weighted by Gasteiger charge is 2.32. The van der Waals surface area contributed by atoms with E-state index in [1.165, 1.54) is 4.31 Å². The van der Waals surface area contributed by atoms with E-state index in [1.807, 2.05) is 60.7 Å². The summed E-state index contributed by atoms with van der Waals surface area (Å²) in [6, 6.07) is 22.5. The third-order valence-corrected chi connectivity index (χ3v) is 7.71. The number of hydrogen-bond donors (Lipinski definition) is 1. The number of carbonyl (C=O) groups excluding carboxylic acids is 1. The Bertz CT molecular complexity index is 1160. The molecule has 1 fully saturated rings. The molecule has 3 aromatic rings. The number of benzene rings is 3. The molecular weight excluding hydrogens is 424 g/mol. The van der Waals surface area contributed by atoms with Crippen LogP contribution < -0.4 is 10.1 Å². The molecule has 0 unspecified atom stereocenters. The first-order valence-corrected chi connectivity index (χ1v) is 12.4. The zero-order chi connectivity index (χ0) is 22.4. The van der Waals surface area contributed by atoms with Gasteiger partial charge in [0.15, 0.2) is 0 Å². The quantitative estimate of drug-likeness (QED) is 0.527. The Balaban J connectivity index is 1.24. The Hall–Kier alpha value is -2.90. The number of ether oxygens (including phenoxy) is 1. The SMILES string of the molecule is O=C(NCCCOc1ccccc1)C1CCN(S(=O)(=O)c2ccc3ccccc3c2)CC1. The van der Waals surface area contributed by atoms with Gasteiger partial charge in [0.05, 0.1) is 11.5 Å². The highest BCUT2D eigenvalue weighted by molar-refractivity contribution is 7.89. The van der Waals surface area contributed by atoms with Gasteiger partial charge in [-0.2, -0.15) is 4.31 Å². The van der Waals surface area contributed by atoms with Gasteiger partial charge < -0.3 is 10.1 Å². The second kappa shape index (κ2) is 10.1. The van der Waals surface area contributed by atoms with Gasteiger partial charge in [-0.1, -0.05) is 48.5 Å². The van der Waals surface area contributed by atoms with E-state index in [0.717, 1.165) is 22.9 Å². The van der Waals surface area contributed by atoms with Crippen molar-refractivity contribution in [3.05, 3.63) is 72.8 Å². The van der Waals surface area contributed by atoms with Gasteiger partial charge in [0.25, 0.3) is 0 Å². The van der Waals surface area contributed by atoms with E-state index in [9.17, 15) is 13.2 Å². The van der Waals surface area contributed by atoms with E-state index in [1.54, 1.807) is 12.1 Å². The van der Waals surface area contributed by atoms with Gasteiger partial charge in [-0.15, -0.1) is 0 Å². The maximum absolute atomic E-state index is 13.1. The fraction of sp³-hybridized carbons (Fsp3) is 0.320. The lowest BCUT2D eigenvalue weighted by molar-refractivity contribution is -0.126. The third-order valence-electron chi connectivity index (χ3n) is 5.82. The number of sulfonamides is 1. The lowest BCUT2D eigenvalue weighted by atomic mass is 9.97. The van der Waals surface area contributed by atoms with E-state index in [4.69, 9.17) is 4.74 Å². The molecule has 6 nitrogen and oxygen atoms in total. The van der Waals surface area contributed by atoms with Crippen molar-refractivity contribution in [2.24, 2.45) is 5.92 Å². The van der Waals surface area contributed by atoms with Crippen LogP contribution in [0.3, 0.4) is 0 Å². The molecule has 4 rings (SSSR count). The number of nitrogens with zero attached hydrogens (tertiary/aromatic N) is 1. The van der Waals surface area contributed by atoms with Gasteiger partial charge in [0.2, 0.25) is 15.9 Å². The predicted molar refractivity (Wildman–Crippen MR) is 125 cm³/mol. The molecule has 0 atom stereocenters. The molecule has 1 aliphatic rings. The number of hydrogen-bond acceptors (Lipinski definition) is 4. The van der Waals surface area contributed by atoms with Crippen LogP contribution >= 0.6 is 0 Å². The van der Waals surface area contributed by atoms with Crippen LogP contribution in [-0.4, -0.2) is 44.9 Å². The number of carbonyl (C=O) groups is 1. The van der Waals surface area contributed by atoms with Crippen LogP contribution in [0.15, 0.2) is 77.7 Å². The molecule has 0 radical (unpaired) electrons. The van der Waals surface area contributed by atoms with Gasteiger partial charge in [-0.25, -0.2) is 8.42 Å². The summed E-state index contributed by atoms with van der Waals surface area (Å²) < 4.78 is 33.3. The zero-order valence-electron chi connectivity index (χ0n) is 17.9. The summed E-state index contributed by atoms with van der Waals surface area (Å²) in [6.45, 7) is 1.78. The van der Waals surface area contributed by atoms with Crippen LogP contribution in [0.25, 0.3) is 10.8 Å². The minimum absolute atomic E-state index is 0.00698. The molecule has 0 bridgehead atoms. The first-order chi connectivity index (χ1) is 15.5. The first-order valence-electron chi connectivity index (χ1n) is 11.0. The van der Waals surface area contributed by atoms with Crippen LogP contribution in [0.2, 0.25) is 0 Å². The minimum atomic E-state index is -3.57. The lowest BCUT2D eigenvalue weighted by Crippen LogP contribution is -2.43.